The zero-order chi connectivity index (χ0) is 30.3. The molecule has 3 aromatic rings. The van der Waals surface area contributed by atoms with Crippen LogP contribution in [0.2, 0.25) is 0 Å². The molecule has 1 unspecified atom stereocenters. The van der Waals surface area contributed by atoms with E-state index in [0.717, 1.165) is 30.0 Å². The number of H-pyrrole nitrogens is 1. The predicted octanol–water partition coefficient (Wildman–Crippen LogP) is 2.73. The molecule has 0 aliphatic carbocycles. The number of nitrogens with one attached hydrogen (secondary N) is 3. The Morgan fingerprint density at radius 3 is 2.61 bits per heavy atom. The van der Waals surface area contributed by atoms with Crippen LogP contribution in [0.4, 0.5) is 19.3 Å². The number of hydrogen-bond acceptors (Lipinski definition) is 7. The number of nitrogens with zero attached hydrogens (tertiary/aromatic N) is 4. The van der Waals surface area contributed by atoms with Crippen molar-refractivity contribution in [3.63, 3.8) is 0 Å². The molecule has 0 bridgehead atoms. The molecule has 0 aromatic carbocycles. The molecule has 3 aromatic heterocycles. The van der Waals surface area contributed by atoms with E-state index in [1.165, 1.54) is 11.0 Å². The Kier molecular flexibility index (Phi) is 10.3. The molecule has 0 aliphatic rings. The summed E-state index contributed by atoms with van der Waals surface area (Å²) in [7, 11) is 4.31. The lowest BCUT2D eigenvalue weighted by Gasteiger charge is -2.17. The molecule has 220 valence electrons. The lowest BCUT2D eigenvalue weighted by Crippen LogP contribution is -2.44. The number of rotatable bonds is 11. The number of imidazole rings is 1. The smallest absolute Gasteiger partial charge is 0.407 e. The van der Waals surface area contributed by atoms with Crippen molar-refractivity contribution < 1.29 is 27.9 Å². The van der Waals surface area contributed by atoms with Gasteiger partial charge in [-0.1, -0.05) is 19.9 Å². The van der Waals surface area contributed by atoms with Crippen LogP contribution in [-0.4, -0.2) is 69.6 Å². The Hall–Kier alpha value is -4.62. The fraction of sp³-hybridized carbons (Fsp3) is 0.407. The number of aromatic amines is 1. The number of pyridine rings is 2. The average Bonchev–Trinajstić information content (AvgIpc) is 3.36. The summed E-state index contributed by atoms with van der Waals surface area (Å²) in [6.07, 6.45) is 3.94. The first-order chi connectivity index (χ1) is 19.4. The van der Waals surface area contributed by atoms with E-state index in [1.54, 1.807) is 20.2 Å². The fourth-order valence-electron chi connectivity index (χ4n) is 3.91. The zero-order valence-electron chi connectivity index (χ0n) is 23.5. The summed E-state index contributed by atoms with van der Waals surface area (Å²) in [6.45, 7) is 3.59. The van der Waals surface area contributed by atoms with E-state index in [1.807, 2.05) is 13.8 Å². The van der Waals surface area contributed by atoms with Crippen LogP contribution in [-0.2, 0) is 27.3 Å². The molecule has 0 aliphatic heterocycles. The molecule has 41 heavy (non-hydrogen) atoms. The van der Waals surface area contributed by atoms with Gasteiger partial charge in [0, 0.05) is 14.1 Å². The van der Waals surface area contributed by atoms with Gasteiger partial charge >= 0.3 is 6.09 Å². The van der Waals surface area contributed by atoms with Crippen molar-refractivity contribution in [2.24, 2.45) is 5.92 Å². The molecular weight excluding hydrogens is 540 g/mol. The molecule has 0 fully saturated rings. The fourth-order valence-corrected chi connectivity index (χ4v) is 3.91. The van der Waals surface area contributed by atoms with Gasteiger partial charge in [0.2, 0.25) is 11.8 Å². The van der Waals surface area contributed by atoms with Crippen LogP contribution in [0.15, 0.2) is 35.3 Å². The molecule has 12 nitrogen and oxygen atoms in total. The third kappa shape index (κ3) is 7.96. The summed E-state index contributed by atoms with van der Waals surface area (Å²) >= 11 is 0. The van der Waals surface area contributed by atoms with Crippen LogP contribution >= 0.6 is 0 Å². The summed E-state index contributed by atoms with van der Waals surface area (Å²) in [6, 6.07) is 0.953. The Labute approximate surface area is 234 Å². The highest BCUT2D eigenvalue weighted by molar-refractivity contribution is 5.96. The largest absolute Gasteiger partial charge is 0.453 e. The van der Waals surface area contributed by atoms with Gasteiger partial charge in [-0.05, 0) is 43.4 Å². The van der Waals surface area contributed by atoms with Crippen molar-refractivity contribution in [2.45, 2.75) is 45.7 Å². The van der Waals surface area contributed by atoms with Crippen LogP contribution in [0.3, 0.4) is 0 Å². The third-order valence-corrected chi connectivity index (χ3v) is 6.01. The van der Waals surface area contributed by atoms with Crippen LogP contribution in [0.1, 0.15) is 38.2 Å². The maximum Gasteiger partial charge on any atom is 0.407 e. The number of aromatic nitrogens is 4. The molecule has 0 saturated carbocycles. The minimum absolute atomic E-state index is 0.0293. The SMILES string of the molecule is COC(=O)NC(CCC=CC(=O)N(C)C)C(=O)Nc1ccc(F)n(Cc2nc3c(F)cnc(CC(C)C)c3[nH]2)c1=O. The van der Waals surface area contributed by atoms with Crippen LogP contribution in [0.25, 0.3) is 11.0 Å². The number of hydrogen-bond donors (Lipinski definition) is 3. The quantitative estimate of drug-likeness (QED) is 0.236. The summed E-state index contributed by atoms with van der Waals surface area (Å²) in [5.41, 5.74) is -0.149. The van der Waals surface area contributed by atoms with Crippen LogP contribution in [0.5, 0.6) is 0 Å². The number of carbonyl (C=O) groups excluding carboxylic acids is 3. The van der Waals surface area contributed by atoms with Gasteiger partial charge in [-0.15, -0.1) is 0 Å². The highest BCUT2D eigenvalue weighted by Gasteiger charge is 2.23. The van der Waals surface area contributed by atoms with Crippen molar-refractivity contribution in [3.05, 3.63) is 64.1 Å². The van der Waals surface area contributed by atoms with Crippen molar-refractivity contribution >= 4 is 34.6 Å². The summed E-state index contributed by atoms with van der Waals surface area (Å²) in [4.78, 5) is 62.3. The second-order valence-corrected chi connectivity index (χ2v) is 9.91. The topological polar surface area (TPSA) is 151 Å². The minimum Gasteiger partial charge on any atom is -0.453 e. The van der Waals surface area contributed by atoms with Crippen LogP contribution < -0.4 is 16.2 Å². The van der Waals surface area contributed by atoms with E-state index in [2.05, 4.69) is 30.3 Å². The van der Waals surface area contributed by atoms with Gasteiger partial charge in [0.1, 0.15) is 23.1 Å². The maximum atomic E-state index is 14.8. The summed E-state index contributed by atoms with van der Waals surface area (Å²) in [5.74, 6) is -2.22. The number of likely N-dealkylation sites (N-methyl/N-ethyl adjacent to an activating group) is 1. The van der Waals surface area contributed by atoms with Crippen molar-refractivity contribution in [1.82, 2.24) is 29.7 Å². The molecule has 3 heterocycles. The standard InChI is InChI=1S/C27H33F2N7O5/c1-15(2)12-19-24-23(16(28)13-30-19)33-21(34-24)14-36-20(29)11-10-18(26(36)39)31-25(38)17(32-27(40)41-5)8-6-7-9-22(37)35(3)4/h7,9-11,13,15,17H,6,8,12,14H2,1-5H3,(H,31,38)(H,32,40)(H,33,34). The first-order valence-corrected chi connectivity index (χ1v) is 12.9. The molecule has 1 atom stereocenters. The summed E-state index contributed by atoms with van der Waals surface area (Å²) in [5, 5.41) is 4.80. The number of anilines is 1. The van der Waals surface area contributed by atoms with Crippen molar-refractivity contribution in [1.29, 1.82) is 0 Å². The number of carbonyl (C=O) groups is 3. The van der Waals surface area contributed by atoms with Crippen LogP contribution in [0, 0.1) is 17.7 Å². The molecule has 3 amide bonds. The second-order valence-electron chi connectivity index (χ2n) is 9.91. The second kappa shape index (κ2) is 13.6. The number of halogens is 2. The lowest BCUT2D eigenvalue weighted by molar-refractivity contribution is -0.123. The molecule has 0 spiro atoms. The Morgan fingerprint density at radius 1 is 1.22 bits per heavy atom. The third-order valence-electron chi connectivity index (χ3n) is 6.01. The summed E-state index contributed by atoms with van der Waals surface area (Å²) < 4.78 is 34.5. The predicted molar refractivity (Wildman–Crippen MR) is 147 cm³/mol. The van der Waals surface area contributed by atoms with Crippen molar-refractivity contribution in [2.75, 3.05) is 26.5 Å². The Morgan fingerprint density at radius 2 is 1.95 bits per heavy atom. The molecular formula is C27H33F2N7O5. The monoisotopic (exact) mass is 573 g/mol. The Balaban J connectivity index is 1.83. The number of ether oxygens (including phenoxy) is 1. The number of amides is 3. The zero-order valence-corrected chi connectivity index (χ0v) is 23.5. The van der Waals surface area contributed by atoms with E-state index in [9.17, 15) is 28.0 Å². The normalized spacial score (nSPS) is 12.1. The average molecular weight is 574 g/mol. The molecule has 0 saturated heterocycles. The minimum atomic E-state index is -1.13. The lowest BCUT2D eigenvalue weighted by atomic mass is 10.1. The van der Waals surface area contributed by atoms with E-state index >= 15 is 0 Å². The molecule has 14 heteroatoms. The van der Waals surface area contributed by atoms with Gasteiger partial charge in [-0.25, -0.2) is 14.2 Å². The highest BCUT2D eigenvalue weighted by atomic mass is 19.1. The van der Waals surface area contributed by atoms with Gasteiger partial charge in [0.15, 0.2) is 11.8 Å². The first kappa shape index (κ1) is 30.9. The number of methoxy groups -OCH3 is 1. The van der Waals surface area contributed by atoms with E-state index in [-0.39, 0.29) is 48.2 Å². The van der Waals surface area contributed by atoms with E-state index < -0.39 is 35.4 Å². The maximum absolute atomic E-state index is 14.8. The van der Waals surface area contributed by atoms with E-state index in [4.69, 9.17) is 0 Å². The number of alkyl carbamates (subject to hydrolysis) is 1. The van der Waals surface area contributed by atoms with Crippen molar-refractivity contribution in [3.8, 4) is 0 Å². The number of fused-ring (bicyclic) bond motifs is 1. The highest BCUT2D eigenvalue weighted by Crippen LogP contribution is 2.21. The molecule has 0 radical (unpaired) electrons. The van der Waals surface area contributed by atoms with Gasteiger partial charge in [0.05, 0.1) is 31.1 Å². The Bertz CT molecular complexity index is 1510. The number of allylic oxidation sites excluding steroid dienone is 1. The van der Waals surface area contributed by atoms with Gasteiger partial charge in [0.25, 0.3) is 5.56 Å². The van der Waals surface area contributed by atoms with Gasteiger partial charge in [-0.2, -0.15) is 4.39 Å². The van der Waals surface area contributed by atoms with Gasteiger partial charge < -0.3 is 25.3 Å². The molecule has 3 N–H and O–H groups in total. The first-order valence-electron chi connectivity index (χ1n) is 12.9. The van der Waals surface area contributed by atoms with Gasteiger partial charge in [-0.3, -0.25) is 23.9 Å². The molecule has 3 rings (SSSR count). The van der Waals surface area contributed by atoms with E-state index in [0.29, 0.717) is 17.6 Å².